The number of nitrogens with zero attached hydrogens (tertiary/aromatic N) is 2. The van der Waals surface area contributed by atoms with Gasteiger partial charge in [0.1, 0.15) is 5.56 Å². The second kappa shape index (κ2) is 7.32. The highest BCUT2D eigenvalue weighted by atomic mass is 35.5. The second-order valence-electron chi connectivity index (χ2n) is 5.60. The number of rotatable bonds is 4. The lowest BCUT2D eigenvalue weighted by Gasteiger charge is -2.08. The van der Waals surface area contributed by atoms with Gasteiger partial charge < -0.3 is 4.74 Å². The van der Waals surface area contributed by atoms with Gasteiger partial charge in [0.2, 0.25) is 11.7 Å². The van der Waals surface area contributed by atoms with Crippen LogP contribution in [0.4, 0.5) is 0 Å². The van der Waals surface area contributed by atoms with Crippen molar-refractivity contribution in [3.05, 3.63) is 81.0 Å². The number of aromatic nitrogens is 2. The van der Waals surface area contributed by atoms with Gasteiger partial charge in [-0.15, -0.1) is 0 Å². The molecular formula is C19H14Cl2N2O3. The summed E-state index contributed by atoms with van der Waals surface area (Å²) < 4.78 is 6.82. The largest absolute Gasteiger partial charge is 0.403 e. The molecule has 0 fully saturated rings. The third kappa shape index (κ3) is 3.49. The summed E-state index contributed by atoms with van der Waals surface area (Å²) >= 11 is 12.0. The molecule has 3 aromatic rings. The van der Waals surface area contributed by atoms with E-state index in [0.717, 1.165) is 0 Å². The number of carbonyl (C=O) groups is 2. The van der Waals surface area contributed by atoms with Crippen molar-refractivity contribution < 1.29 is 14.3 Å². The summed E-state index contributed by atoms with van der Waals surface area (Å²) in [5.74, 6) is -0.912. The van der Waals surface area contributed by atoms with E-state index in [0.29, 0.717) is 16.3 Å². The van der Waals surface area contributed by atoms with E-state index < -0.39 is 11.8 Å². The minimum atomic E-state index is -0.579. The molecule has 0 saturated heterocycles. The van der Waals surface area contributed by atoms with Crippen molar-refractivity contribution in [2.45, 2.75) is 6.92 Å². The predicted octanol–water partition coefficient (Wildman–Crippen LogP) is 4.49. The minimum Gasteiger partial charge on any atom is -0.403 e. The van der Waals surface area contributed by atoms with Crippen LogP contribution in [0.1, 0.15) is 32.0 Å². The summed E-state index contributed by atoms with van der Waals surface area (Å²) in [5, 5.41) is 4.84. The van der Waals surface area contributed by atoms with Crippen molar-refractivity contribution in [3.63, 3.8) is 0 Å². The smallest absolute Gasteiger partial charge is 0.344 e. The highest BCUT2D eigenvalue weighted by Gasteiger charge is 2.26. The van der Waals surface area contributed by atoms with Crippen LogP contribution in [0, 0.1) is 6.92 Å². The van der Waals surface area contributed by atoms with Crippen LogP contribution in [-0.2, 0) is 7.05 Å². The van der Waals surface area contributed by atoms with E-state index in [1.54, 1.807) is 50.4 Å². The SMILES string of the molecule is Cc1nn(C)c(OC(=O)c2ccccc2)c1C(=O)c1ccc(Cl)cc1Cl. The summed E-state index contributed by atoms with van der Waals surface area (Å²) in [6.45, 7) is 1.66. The first-order valence-electron chi connectivity index (χ1n) is 7.69. The second-order valence-corrected chi connectivity index (χ2v) is 6.44. The topological polar surface area (TPSA) is 61.2 Å². The molecule has 2 aromatic carbocycles. The molecule has 1 aromatic heterocycles. The van der Waals surface area contributed by atoms with Crippen LogP contribution in [0.25, 0.3) is 0 Å². The summed E-state index contributed by atoms with van der Waals surface area (Å²) in [5.41, 5.74) is 1.24. The number of hydrogen-bond donors (Lipinski definition) is 0. The van der Waals surface area contributed by atoms with Crippen molar-refractivity contribution in [2.24, 2.45) is 7.05 Å². The van der Waals surface area contributed by atoms with Crippen LogP contribution in [0.15, 0.2) is 48.5 Å². The molecule has 7 heteroatoms. The first kappa shape index (κ1) is 18.2. The molecule has 0 atom stereocenters. The summed E-state index contributed by atoms with van der Waals surface area (Å²) in [7, 11) is 1.60. The van der Waals surface area contributed by atoms with Gasteiger partial charge in [-0.3, -0.25) is 4.79 Å². The number of halogens is 2. The molecule has 26 heavy (non-hydrogen) atoms. The zero-order valence-corrected chi connectivity index (χ0v) is 15.5. The van der Waals surface area contributed by atoms with E-state index >= 15 is 0 Å². The van der Waals surface area contributed by atoms with Gasteiger partial charge in [-0.05, 0) is 37.3 Å². The molecule has 0 aliphatic carbocycles. The van der Waals surface area contributed by atoms with Crippen molar-refractivity contribution in [3.8, 4) is 5.88 Å². The van der Waals surface area contributed by atoms with Gasteiger partial charge in [0.25, 0.3) is 0 Å². The van der Waals surface area contributed by atoms with Gasteiger partial charge in [0, 0.05) is 17.6 Å². The lowest BCUT2D eigenvalue weighted by Crippen LogP contribution is -2.14. The number of benzene rings is 2. The van der Waals surface area contributed by atoms with E-state index in [1.165, 1.54) is 16.8 Å². The van der Waals surface area contributed by atoms with Crippen LogP contribution in [0.5, 0.6) is 5.88 Å². The number of hydrogen-bond acceptors (Lipinski definition) is 4. The molecule has 0 bridgehead atoms. The quantitative estimate of drug-likeness (QED) is 0.488. The molecule has 3 rings (SSSR count). The molecule has 0 aliphatic heterocycles. The Labute approximate surface area is 160 Å². The third-order valence-electron chi connectivity index (χ3n) is 3.77. The van der Waals surface area contributed by atoms with Crippen LogP contribution in [0.2, 0.25) is 10.0 Å². The predicted molar refractivity (Wildman–Crippen MR) is 99.2 cm³/mol. The molecule has 0 saturated carbocycles. The molecule has 0 aliphatic rings. The Balaban J connectivity index is 2.01. The number of carbonyl (C=O) groups excluding carboxylic acids is 2. The Hall–Kier alpha value is -2.63. The Morgan fingerprint density at radius 1 is 1.08 bits per heavy atom. The zero-order chi connectivity index (χ0) is 18.8. The Morgan fingerprint density at radius 3 is 2.42 bits per heavy atom. The Bertz CT molecular complexity index is 998. The van der Waals surface area contributed by atoms with E-state index in [9.17, 15) is 9.59 Å². The van der Waals surface area contributed by atoms with Gasteiger partial charge in [-0.1, -0.05) is 41.4 Å². The molecule has 0 spiro atoms. The fraction of sp³-hybridized carbons (Fsp3) is 0.105. The molecule has 0 unspecified atom stereocenters. The maximum atomic E-state index is 13.0. The summed E-state index contributed by atoms with van der Waals surface area (Å²) in [6, 6.07) is 13.1. The number of ketones is 1. The molecule has 1 heterocycles. The van der Waals surface area contributed by atoms with E-state index in [1.807, 2.05) is 0 Å². The van der Waals surface area contributed by atoms with Gasteiger partial charge in [0.05, 0.1) is 16.3 Å². The highest BCUT2D eigenvalue weighted by Crippen LogP contribution is 2.29. The normalized spacial score (nSPS) is 10.6. The van der Waals surface area contributed by atoms with E-state index in [2.05, 4.69) is 5.10 Å². The lowest BCUT2D eigenvalue weighted by atomic mass is 10.0. The fourth-order valence-corrected chi connectivity index (χ4v) is 3.04. The van der Waals surface area contributed by atoms with Crippen LogP contribution < -0.4 is 4.74 Å². The average Bonchev–Trinajstić information content (AvgIpc) is 2.88. The van der Waals surface area contributed by atoms with E-state index in [4.69, 9.17) is 27.9 Å². The number of ether oxygens (including phenoxy) is 1. The molecule has 0 N–H and O–H groups in total. The number of aryl methyl sites for hydroxylation is 2. The van der Waals surface area contributed by atoms with Crippen molar-refractivity contribution in [1.82, 2.24) is 9.78 Å². The van der Waals surface area contributed by atoms with Crippen molar-refractivity contribution in [1.29, 1.82) is 0 Å². The fourth-order valence-electron chi connectivity index (χ4n) is 2.54. The molecule has 132 valence electrons. The first-order chi connectivity index (χ1) is 12.4. The van der Waals surface area contributed by atoms with Crippen molar-refractivity contribution in [2.75, 3.05) is 0 Å². The number of esters is 1. The van der Waals surface area contributed by atoms with Crippen molar-refractivity contribution >= 4 is 35.0 Å². The maximum Gasteiger partial charge on any atom is 0.344 e. The maximum absolute atomic E-state index is 13.0. The monoisotopic (exact) mass is 388 g/mol. The zero-order valence-electron chi connectivity index (χ0n) is 14.0. The molecule has 0 radical (unpaired) electrons. The minimum absolute atomic E-state index is 0.0624. The third-order valence-corrected chi connectivity index (χ3v) is 4.32. The standard InChI is InChI=1S/C19H14Cl2N2O3/c1-11-16(17(24)14-9-8-13(20)10-15(14)21)18(23(2)22-11)26-19(25)12-6-4-3-5-7-12/h3-10H,1-2H3. The Kier molecular flexibility index (Phi) is 5.11. The summed E-state index contributed by atoms with van der Waals surface area (Å²) in [4.78, 5) is 25.4. The molecular weight excluding hydrogens is 375 g/mol. The van der Waals surface area contributed by atoms with Crippen LogP contribution >= 0.6 is 23.2 Å². The molecule has 0 amide bonds. The first-order valence-corrected chi connectivity index (χ1v) is 8.44. The average molecular weight is 389 g/mol. The van der Waals surface area contributed by atoms with E-state index in [-0.39, 0.29) is 22.0 Å². The molecule has 5 nitrogen and oxygen atoms in total. The Morgan fingerprint density at radius 2 is 1.77 bits per heavy atom. The van der Waals surface area contributed by atoms with Gasteiger partial charge in [-0.25, -0.2) is 9.48 Å². The van der Waals surface area contributed by atoms with Crippen LogP contribution in [-0.4, -0.2) is 21.5 Å². The van der Waals surface area contributed by atoms with Crippen LogP contribution in [0.3, 0.4) is 0 Å². The van der Waals surface area contributed by atoms with Gasteiger partial charge >= 0.3 is 5.97 Å². The van der Waals surface area contributed by atoms with Gasteiger partial charge in [-0.2, -0.15) is 5.10 Å². The highest BCUT2D eigenvalue weighted by molar-refractivity contribution is 6.37. The van der Waals surface area contributed by atoms with Gasteiger partial charge in [0.15, 0.2) is 0 Å². The lowest BCUT2D eigenvalue weighted by molar-refractivity contribution is 0.0718. The summed E-state index contributed by atoms with van der Waals surface area (Å²) in [6.07, 6.45) is 0.